The minimum atomic E-state index is -4.08. The van der Waals surface area contributed by atoms with Crippen molar-refractivity contribution in [2.45, 2.75) is 4.90 Å². The van der Waals surface area contributed by atoms with E-state index in [9.17, 15) is 17.6 Å². The summed E-state index contributed by atoms with van der Waals surface area (Å²) in [5, 5.41) is 0. The van der Waals surface area contributed by atoms with Crippen molar-refractivity contribution < 1.29 is 17.6 Å². The second-order valence-corrected chi connectivity index (χ2v) is 7.86. The first kappa shape index (κ1) is 18.3. The zero-order chi connectivity index (χ0) is 18.7. The lowest BCUT2D eigenvalue weighted by atomic mass is 10.1. The Hall–Kier alpha value is -2.45. The number of nitrogens with zero attached hydrogens (tertiary/aromatic N) is 2. The molecule has 1 heterocycles. The molecule has 1 saturated heterocycles. The van der Waals surface area contributed by atoms with E-state index in [4.69, 9.17) is 0 Å². The molecule has 1 N–H and O–H groups in total. The number of rotatable bonds is 4. The normalized spacial score (nSPS) is 15.7. The lowest BCUT2D eigenvalue weighted by Crippen LogP contribution is -2.47. The van der Waals surface area contributed by atoms with Crippen LogP contribution in [0.5, 0.6) is 0 Å². The molecule has 1 fully saturated rings. The van der Waals surface area contributed by atoms with Crippen LogP contribution >= 0.6 is 0 Å². The van der Waals surface area contributed by atoms with Gasteiger partial charge in [-0.05, 0) is 37.4 Å². The summed E-state index contributed by atoms with van der Waals surface area (Å²) in [5.41, 5.74) is 0.608. The smallest absolute Gasteiger partial charge is 0.264 e. The van der Waals surface area contributed by atoms with E-state index in [1.165, 1.54) is 30.3 Å². The van der Waals surface area contributed by atoms with E-state index in [1.807, 2.05) is 7.05 Å². The number of carbonyl (C=O) groups excluding carboxylic acids is 1. The minimum Gasteiger partial charge on any atom is -0.336 e. The van der Waals surface area contributed by atoms with Gasteiger partial charge in [0.05, 0.1) is 0 Å². The highest BCUT2D eigenvalue weighted by atomic mass is 32.2. The van der Waals surface area contributed by atoms with Crippen molar-refractivity contribution in [2.24, 2.45) is 0 Å². The number of piperazine rings is 1. The molecular formula is C18H20FN3O3S. The summed E-state index contributed by atoms with van der Waals surface area (Å²) in [5.74, 6) is -0.977. The van der Waals surface area contributed by atoms with Crippen LogP contribution in [-0.2, 0) is 10.0 Å². The number of likely N-dealkylation sites (N-methyl/N-ethyl adjacent to an activating group) is 1. The van der Waals surface area contributed by atoms with Gasteiger partial charge in [-0.1, -0.05) is 18.2 Å². The predicted octanol–water partition coefficient (Wildman–Crippen LogP) is 2.01. The van der Waals surface area contributed by atoms with Crippen molar-refractivity contribution in [2.75, 3.05) is 37.9 Å². The fraction of sp³-hybridized carbons (Fsp3) is 0.278. The maximum absolute atomic E-state index is 13.8. The number of hydrogen-bond donors (Lipinski definition) is 1. The second-order valence-electron chi connectivity index (χ2n) is 6.21. The molecule has 2 aromatic rings. The Morgan fingerprint density at radius 1 is 1.04 bits per heavy atom. The van der Waals surface area contributed by atoms with E-state index in [0.29, 0.717) is 18.7 Å². The standard InChI is InChI=1S/C18H20FN3O3S/c1-21-9-11-22(12-10-21)18(23)14-5-4-6-15(13-14)20-26(24,25)17-8-3-2-7-16(17)19/h2-8,13,20H,9-12H2,1H3. The van der Waals surface area contributed by atoms with Gasteiger partial charge in [-0.15, -0.1) is 0 Å². The van der Waals surface area contributed by atoms with Gasteiger partial charge in [0.2, 0.25) is 0 Å². The molecule has 2 aromatic carbocycles. The Kier molecular flexibility index (Phi) is 5.24. The SMILES string of the molecule is CN1CCN(C(=O)c2cccc(NS(=O)(=O)c3ccccc3F)c2)CC1. The third-order valence-electron chi connectivity index (χ3n) is 4.28. The molecule has 26 heavy (non-hydrogen) atoms. The van der Waals surface area contributed by atoms with Crippen LogP contribution in [0.4, 0.5) is 10.1 Å². The third kappa shape index (κ3) is 4.03. The monoisotopic (exact) mass is 377 g/mol. The molecule has 0 spiro atoms. The zero-order valence-corrected chi connectivity index (χ0v) is 15.2. The highest BCUT2D eigenvalue weighted by Crippen LogP contribution is 2.20. The van der Waals surface area contributed by atoms with Crippen molar-refractivity contribution in [3.05, 3.63) is 59.9 Å². The molecule has 1 amide bonds. The van der Waals surface area contributed by atoms with Gasteiger partial charge >= 0.3 is 0 Å². The number of sulfonamides is 1. The molecule has 0 radical (unpaired) electrons. The van der Waals surface area contributed by atoms with Gasteiger partial charge in [0.25, 0.3) is 15.9 Å². The van der Waals surface area contributed by atoms with E-state index in [0.717, 1.165) is 19.2 Å². The Morgan fingerprint density at radius 3 is 2.42 bits per heavy atom. The highest BCUT2D eigenvalue weighted by molar-refractivity contribution is 7.92. The van der Waals surface area contributed by atoms with Gasteiger partial charge < -0.3 is 9.80 Å². The molecule has 0 saturated carbocycles. The van der Waals surface area contributed by atoms with Gasteiger partial charge in [0.1, 0.15) is 10.7 Å². The summed E-state index contributed by atoms with van der Waals surface area (Å²) in [4.78, 5) is 16.1. The molecule has 1 aliphatic heterocycles. The number of nitrogens with one attached hydrogen (secondary N) is 1. The van der Waals surface area contributed by atoms with E-state index >= 15 is 0 Å². The van der Waals surface area contributed by atoms with Crippen LogP contribution in [-0.4, -0.2) is 57.4 Å². The minimum absolute atomic E-state index is 0.148. The Balaban J connectivity index is 1.79. The number of amides is 1. The van der Waals surface area contributed by atoms with Crippen molar-refractivity contribution in [3.8, 4) is 0 Å². The average molecular weight is 377 g/mol. The Bertz CT molecular complexity index is 909. The van der Waals surface area contributed by atoms with Crippen molar-refractivity contribution in [3.63, 3.8) is 0 Å². The molecule has 0 bridgehead atoms. The lowest BCUT2D eigenvalue weighted by molar-refractivity contribution is 0.0664. The van der Waals surface area contributed by atoms with Gasteiger partial charge in [-0.2, -0.15) is 0 Å². The van der Waals surface area contributed by atoms with Crippen molar-refractivity contribution >= 4 is 21.6 Å². The lowest BCUT2D eigenvalue weighted by Gasteiger charge is -2.32. The van der Waals surface area contributed by atoms with Crippen LogP contribution in [0.1, 0.15) is 10.4 Å². The summed E-state index contributed by atoms with van der Waals surface area (Å²) in [6, 6.07) is 11.4. The molecule has 1 aliphatic rings. The number of carbonyl (C=O) groups is 1. The van der Waals surface area contributed by atoms with Crippen LogP contribution < -0.4 is 4.72 Å². The Labute approximate surface area is 152 Å². The van der Waals surface area contributed by atoms with Crippen molar-refractivity contribution in [1.82, 2.24) is 9.80 Å². The summed E-state index contributed by atoms with van der Waals surface area (Å²) in [6.07, 6.45) is 0. The largest absolute Gasteiger partial charge is 0.336 e. The first-order valence-electron chi connectivity index (χ1n) is 8.22. The van der Waals surface area contributed by atoms with E-state index in [1.54, 1.807) is 17.0 Å². The first-order chi connectivity index (χ1) is 12.4. The van der Waals surface area contributed by atoms with E-state index in [2.05, 4.69) is 9.62 Å². The van der Waals surface area contributed by atoms with Crippen LogP contribution in [0.2, 0.25) is 0 Å². The summed E-state index contributed by atoms with van der Waals surface area (Å²) < 4.78 is 40.9. The van der Waals surface area contributed by atoms with Crippen LogP contribution in [0.15, 0.2) is 53.4 Å². The zero-order valence-electron chi connectivity index (χ0n) is 14.4. The summed E-state index contributed by atoms with van der Waals surface area (Å²) >= 11 is 0. The molecule has 138 valence electrons. The van der Waals surface area contributed by atoms with Gasteiger partial charge in [-0.25, -0.2) is 12.8 Å². The molecular weight excluding hydrogens is 357 g/mol. The van der Waals surface area contributed by atoms with Gasteiger partial charge in [-0.3, -0.25) is 9.52 Å². The maximum atomic E-state index is 13.8. The van der Waals surface area contributed by atoms with Crippen LogP contribution in [0.25, 0.3) is 0 Å². The molecule has 0 aliphatic carbocycles. The number of halogens is 1. The fourth-order valence-corrected chi connectivity index (χ4v) is 3.91. The molecule has 0 aromatic heterocycles. The average Bonchev–Trinajstić information content (AvgIpc) is 2.62. The van der Waals surface area contributed by atoms with E-state index in [-0.39, 0.29) is 11.6 Å². The Morgan fingerprint density at radius 2 is 1.73 bits per heavy atom. The molecule has 0 atom stereocenters. The predicted molar refractivity (Wildman–Crippen MR) is 97.1 cm³/mol. The quantitative estimate of drug-likeness (QED) is 0.885. The van der Waals surface area contributed by atoms with Gasteiger partial charge in [0, 0.05) is 37.4 Å². The number of anilines is 1. The maximum Gasteiger partial charge on any atom is 0.264 e. The first-order valence-corrected chi connectivity index (χ1v) is 9.70. The molecule has 0 unspecified atom stereocenters. The molecule has 6 nitrogen and oxygen atoms in total. The molecule has 3 rings (SSSR count). The topological polar surface area (TPSA) is 69.7 Å². The molecule has 8 heteroatoms. The highest BCUT2D eigenvalue weighted by Gasteiger charge is 2.22. The van der Waals surface area contributed by atoms with Crippen molar-refractivity contribution in [1.29, 1.82) is 0 Å². The van der Waals surface area contributed by atoms with Crippen LogP contribution in [0, 0.1) is 5.82 Å². The second kappa shape index (κ2) is 7.43. The van der Waals surface area contributed by atoms with Crippen LogP contribution in [0.3, 0.4) is 0 Å². The third-order valence-corrected chi connectivity index (χ3v) is 5.69. The number of hydrogen-bond acceptors (Lipinski definition) is 4. The summed E-state index contributed by atoms with van der Waals surface area (Å²) in [6.45, 7) is 2.84. The summed E-state index contributed by atoms with van der Waals surface area (Å²) in [7, 11) is -2.08. The van der Waals surface area contributed by atoms with E-state index < -0.39 is 20.7 Å². The number of benzene rings is 2. The fourth-order valence-electron chi connectivity index (χ4n) is 2.78. The van der Waals surface area contributed by atoms with Gasteiger partial charge in [0.15, 0.2) is 0 Å².